The zero-order chi connectivity index (χ0) is 9.42. The van der Waals surface area contributed by atoms with Gasteiger partial charge in [0.05, 0.1) is 5.56 Å². The van der Waals surface area contributed by atoms with E-state index in [0.29, 0.717) is 13.1 Å². The normalized spacial score (nSPS) is 17.2. The maximum Gasteiger partial charge on any atom is 0.255 e. The molecule has 4 heteroatoms. The van der Waals surface area contributed by atoms with E-state index in [1.165, 1.54) is 0 Å². The Morgan fingerprint density at radius 3 is 2.77 bits per heavy atom. The predicted octanol–water partition coefficient (Wildman–Crippen LogP) is 0.840. The van der Waals surface area contributed by atoms with Crippen molar-refractivity contribution in [3.05, 3.63) is 21.9 Å². The lowest BCUT2D eigenvalue weighted by Gasteiger charge is -2.36. The van der Waals surface area contributed by atoms with E-state index in [1.54, 1.807) is 16.2 Å². The molecule has 0 radical (unpaired) electrons. The number of amides is 1. The molecule has 0 aromatic carbocycles. The lowest BCUT2D eigenvalue weighted by molar-refractivity contribution is 0.0608. The highest BCUT2D eigenvalue weighted by Crippen LogP contribution is 2.18. The summed E-state index contributed by atoms with van der Waals surface area (Å²) in [6.45, 7) is 3.37. The molecule has 0 aliphatic carbocycles. The third kappa shape index (κ3) is 1.47. The first-order valence-electron chi connectivity index (χ1n) is 4.26. The van der Waals surface area contributed by atoms with Crippen LogP contribution in [0, 0.1) is 6.92 Å². The summed E-state index contributed by atoms with van der Waals surface area (Å²) in [6.07, 6.45) is 0. The van der Waals surface area contributed by atoms with Crippen LogP contribution in [-0.4, -0.2) is 29.9 Å². The largest absolute Gasteiger partial charge is 0.335 e. The Balaban J connectivity index is 2.10. The van der Waals surface area contributed by atoms with Crippen molar-refractivity contribution in [2.45, 2.75) is 13.0 Å². The van der Waals surface area contributed by atoms with Crippen molar-refractivity contribution in [2.75, 3.05) is 13.1 Å². The van der Waals surface area contributed by atoms with E-state index in [1.807, 2.05) is 17.7 Å². The monoisotopic (exact) mass is 196 g/mol. The van der Waals surface area contributed by atoms with Gasteiger partial charge < -0.3 is 10.6 Å². The molecule has 1 aromatic rings. The smallest absolute Gasteiger partial charge is 0.255 e. The van der Waals surface area contributed by atoms with Gasteiger partial charge >= 0.3 is 0 Å². The molecule has 0 saturated carbocycles. The maximum atomic E-state index is 11.7. The van der Waals surface area contributed by atoms with Crippen molar-refractivity contribution in [1.82, 2.24) is 4.90 Å². The number of hydrogen-bond donors (Lipinski definition) is 1. The molecule has 2 rings (SSSR count). The van der Waals surface area contributed by atoms with E-state index >= 15 is 0 Å². The third-order valence-corrected chi connectivity index (χ3v) is 3.14. The number of thiophene rings is 1. The van der Waals surface area contributed by atoms with Gasteiger partial charge in [0.25, 0.3) is 5.91 Å². The van der Waals surface area contributed by atoms with E-state index in [4.69, 9.17) is 5.73 Å². The summed E-state index contributed by atoms with van der Waals surface area (Å²) < 4.78 is 0. The molecule has 0 bridgehead atoms. The molecule has 2 heterocycles. The summed E-state index contributed by atoms with van der Waals surface area (Å²) in [4.78, 5) is 13.5. The van der Waals surface area contributed by atoms with E-state index in [9.17, 15) is 4.79 Å². The van der Waals surface area contributed by atoms with Crippen LogP contribution in [0.3, 0.4) is 0 Å². The van der Waals surface area contributed by atoms with Gasteiger partial charge in [-0.1, -0.05) is 0 Å². The van der Waals surface area contributed by atoms with Gasteiger partial charge in [-0.15, -0.1) is 0 Å². The highest BCUT2D eigenvalue weighted by molar-refractivity contribution is 7.08. The van der Waals surface area contributed by atoms with Crippen LogP contribution in [0.2, 0.25) is 0 Å². The minimum atomic E-state index is 0.125. The van der Waals surface area contributed by atoms with Crippen LogP contribution < -0.4 is 5.73 Å². The molecule has 0 atom stereocenters. The van der Waals surface area contributed by atoms with Crippen molar-refractivity contribution < 1.29 is 4.79 Å². The van der Waals surface area contributed by atoms with E-state index in [2.05, 4.69) is 0 Å². The molecule has 1 saturated heterocycles. The quantitative estimate of drug-likeness (QED) is 0.723. The molecule has 1 aliphatic heterocycles. The van der Waals surface area contributed by atoms with Crippen LogP contribution in [0.25, 0.3) is 0 Å². The average molecular weight is 196 g/mol. The van der Waals surface area contributed by atoms with Gasteiger partial charge in [-0.25, -0.2) is 0 Å². The van der Waals surface area contributed by atoms with Crippen molar-refractivity contribution in [3.8, 4) is 0 Å². The van der Waals surface area contributed by atoms with Gasteiger partial charge in [-0.05, 0) is 17.9 Å². The van der Waals surface area contributed by atoms with Gasteiger partial charge in [0, 0.05) is 24.5 Å². The lowest BCUT2D eigenvalue weighted by atomic mass is 10.1. The molecule has 0 spiro atoms. The minimum absolute atomic E-state index is 0.125. The maximum absolute atomic E-state index is 11.7. The fraction of sp³-hybridized carbons (Fsp3) is 0.444. The van der Waals surface area contributed by atoms with Gasteiger partial charge in [-0.2, -0.15) is 11.3 Å². The third-order valence-electron chi connectivity index (χ3n) is 2.28. The van der Waals surface area contributed by atoms with E-state index < -0.39 is 0 Å². The van der Waals surface area contributed by atoms with Gasteiger partial charge in [0.2, 0.25) is 0 Å². The number of aryl methyl sites for hydroxylation is 1. The predicted molar refractivity (Wildman–Crippen MR) is 52.9 cm³/mol. The van der Waals surface area contributed by atoms with Crippen LogP contribution in [0.4, 0.5) is 0 Å². The Bertz CT molecular complexity index is 328. The number of carbonyl (C=O) groups is 1. The molecule has 1 aliphatic rings. The Hall–Kier alpha value is -0.870. The zero-order valence-electron chi connectivity index (χ0n) is 7.49. The number of nitrogens with two attached hydrogens (primary N) is 1. The van der Waals surface area contributed by atoms with E-state index in [-0.39, 0.29) is 11.9 Å². The first-order chi connectivity index (χ1) is 6.18. The molecule has 1 aromatic heterocycles. The van der Waals surface area contributed by atoms with E-state index in [0.717, 1.165) is 11.1 Å². The van der Waals surface area contributed by atoms with Crippen LogP contribution in [0.15, 0.2) is 10.8 Å². The van der Waals surface area contributed by atoms with Crippen molar-refractivity contribution >= 4 is 17.2 Å². The Kier molecular flexibility index (Phi) is 2.09. The Labute approximate surface area is 81.2 Å². The number of rotatable bonds is 1. The highest BCUT2D eigenvalue weighted by Gasteiger charge is 2.29. The number of likely N-dealkylation sites (tertiary alicyclic amines) is 1. The topological polar surface area (TPSA) is 46.3 Å². The molecule has 70 valence electrons. The van der Waals surface area contributed by atoms with Crippen molar-refractivity contribution in [2.24, 2.45) is 5.73 Å². The molecular formula is C9H12N2OS. The summed E-state index contributed by atoms with van der Waals surface area (Å²) in [7, 11) is 0. The molecule has 13 heavy (non-hydrogen) atoms. The summed E-state index contributed by atoms with van der Waals surface area (Å²) in [5.41, 5.74) is 7.50. The lowest BCUT2D eigenvalue weighted by Crippen LogP contribution is -2.57. The highest BCUT2D eigenvalue weighted by atomic mass is 32.1. The molecule has 3 nitrogen and oxygen atoms in total. The summed E-state index contributed by atoms with van der Waals surface area (Å²) in [5.74, 6) is 0.125. The molecular weight excluding hydrogens is 184 g/mol. The van der Waals surface area contributed by atoms with Crippen LogP contribution in [-0.2, 0) is 0 Å². The van der Waals surface area contributed by atoms with Gasteiger partial charge in [0.15, 0.2) is 0 Å². The standard InChI is InChI=1S/C9H12N2OS/c1-6-4-13-5-8(6)9(12)11-2-7(10)3-11/h4-5,7H,2-3,10H2,1H3. The number of carbonyl (C=O) groups excluding carboxylic acids is 1. The first-order valence-corrected chi connectivity index (χ1v) is 5.20. The number of hydrogen-bond acceptors (Lipinski definition) is 3. The molecule has 2 N–H and O–H groups in total. The van der Waals surface area contributed by atoms with Crippen molar-refractivity contribution in [3.63, 3.8) is 0 Å². The van der Waals surface area contributed by atoms with Crippen LogP contribution >= 0.6 is 11.3 Å². The van der Waals surface area contributed by atoms with Crippen LogP contribution in [0.5, 0.6) is 0 Å². The Morgan fingerprint density at radius 1 is 1.62 bits per heavy atom. The second-order valence-electron chi connectivity index (χ2n) is 3.44. The SMILES string of the molecule is Cc1cscc1C(=O)N1CC(N)C1. The van der Waals surface area contributed by atoms with Crippen LogP contribution in [0.1, 0.15) is 15.9 Å². The second kappa shape index (κ2) is 3.12. The summed E-state index contributed by atoms with van der Waals surface area (Å²) >= 11 is 1.57. The summed E-state index contributed by atoms with van der Waals surface area (Å²) in [6, 6.07) is 0.183. The number of nitrogens with zero attached hydrogens (tertiary/aromatic N) is 1. The molecule has 1 fully saturated rings. The molecule has 0 unspecified atom stereocenters. The fourth-order valence-corrected chi connectivity index (χ4v) is 2.25. The minimum Gasteiger partial charge on any atom is -0.335 e. The zero-order valence-corrected chi connectivity index (χ0v) is 8.30. The van der Waals surface area contributed by atoms with Gasteiger partial charge in [0.1, 0.15) is 0 Å². The van der Waals surface area contributed by atoms with Crippen molar-refractivity contribution in [1.29, 1.82) is 0 Å². The fourth-order valence-electron chi connectivity index (χ4n) is 1.43. The summed E-state index contributed by atoms with van der Waals surface area (Å²) in [5, 5.41) is 3.90. The first kappa shape index (κ1) is 8.72. The van der Waals surface area contributed by atoms with Gasteiger partial charge in [-0.3, -0.25) is 4.79 Å². The second-order valence-corrected chi connectivity index (χ2v) is 4.18. The Morgan fingerprint density at radius 2 is 2.31 bits per heavy atom. The molecule has 1 amide bonds. The average Bonchev–Trinajstić information content (AvgIpc) is 2.44.